The molecular formula is C9H16N4O2. The van der Waals surface area contributed by atoms with Gasteiger partial charge in [0.2, 0.25) is 0 Å². The van der Waals surface area contributed by atoms with E-state index in [9.17, 15) is 4.79 Å². The molecule has 1 rings (SSSR count). The third-order valence-corrected chi connectivity index (χ3v) is 2.41. The first-order valence-electron chi connectivity index (χ1n) is 5.11. The summed E-state index contributed by atoms with van der Waals surface area (Å²) in [5.41, 5.74) is 8.06. The normalized spacial score (nSPS) is 16.6. The summed E-state index contributed by atoms with van der Waals surface area (Å²) in [4.78, 5) is 14.0. The molecule has 1 aliphatic rings. The third kappa shape index (κ3) is 4.18. The van der Waals surface area contributed by atoms with Gasteiger partial charge in [0.25, 0.3) is 0 Å². The van der Waals surface area contributed by atoms with Crippen molar-refractivity contribution in [2.45, 2.75) is 25.3 Å². The van der Waals surface area contributed by atoms with Crippen LogP contribution in [0.15, 0.2) is 5.11 Å². The molecular weight excluding hydrogens is 196 g/mol. The molecule has 0 spiro atoms. The maximum Gasteiger partial charge on any atom is 0.323 e. The Labute approximate surface area is 88.6 Å². The fraction of sp³-hybridized carbons (Fsp3) is 0.889. The summed E-state index contributed by atoms with van der Waals surface area (Å²) < 4.78 is 4.71. The van der Waals surface area contributed by atoms with Crippen molar-refractivity contribution < 1.29 is 9.53 Å². The summed E-state index contributed by atoms with van der Waals surface area (Å²) >= 11 is 0. The van der Waals surface area contributed by atoms with Crippen molar-refractivity contribution in [2.24, 2.45) is 11.0 Å². The monoisotopic (exact) mass is 212 g/mol. The van der Waals surface area contributed by atoms with Crippen LogP contribution >= 0.6 is 0 Å². The first kappa shape index (κ1) is 11.8. The second-order valence-corrected chi connectivity index (χ2v) is 3.60. The highest BCUT2D eigenvalue weighted by atomic mass is 16.5. The SMILES string of the molecule is COC(=O)C(NCCCN=[N+]=[N-])C1CC1. The lowest BCUT2D eigenvalue weighted by atomic mass is 10.2. The number of nitrogens with zero attached hydrogens (tertiary/aromatic N) is 3. The second kappa shape index (κ2) is 6.27. The van der Waals surface area contributed by atoms with Crippen molar-refractivity contribution in [2.75, 3.05) is 20.2 Å². The Bertz CT molecular complexity index is 259. The Kier molecular flexibility index (Phi) is 4.93. The van der Waals surface area contributed by atoms with Gasteiger partial charge in [0.05, 0.1) is 7.11 Å². The van der Waals surface area contributed by atoms with Crippen molar-refractivity contribution in [1.82, 2.24) is 5.32 Å². The number of azide groups is 1. The number of hydrogen-bond donors (Lipinski definition) is 1. The van der Waals surface area contributed by atoms with Gasteiger partial charge in [-0.25, -0.2) is 0 Å². The molecule has 0 aromatic heterocycles. The highest BCUT2D eigenvalue weighted by Gasteiger charge is 2.36. The van der Waals surface area contributed by atoms with Crippen LogP contribution in [0, 0.1) is 5.92 Å². The van der Waals surface area contributed by atoms with Crippen molar-refractivity contribution in [3.05, 3.63) is 10.4 Å². The van der Waals surface area contributed by atoms with E-state index in [0.29, 0.717) is 19.0 Å². The molecule has 0 aliphatic heterocycles. The number of methoxy groups -OCH3 is 1. The van der Waals surface area contributed by atoms with Crippen LogP contribution in [0.1, 0.15) is 19.3 Å². The van der Waals surface area contributed by atoms with Crippen molar-refractivity contribution in [1.29, 1.82) is 0 Å². The van der Waals surface area contributed by atoms with E-state index in [4.69, 9.17) is 10.3 Å². The summed E-state index contributed by atoms with van der Waals surface area (Å²) in [5.74, 6) is 0.234. The first-order chi connectivity index (χ1) is 7.29. The standard InChI is InChI=1S/C9H16N4O2/c1-15-9(14)8(7-3-4-7)11-5-2-6-12-13-10/h7-8,11H,2-6H2,1H3. The topological polar surface area (TPSA) is 87.1 Å². The van der Waals surface area contributed by atoms with Gasteiger partial charge in [-0.2, -0.15) is 0 Å². The number of ether oxygens (including phenoxy) is 1. The fourth-order valence-corrected chi connectivity index (χ4v) is 1.45. The number of hydrogen-bond acceptors (Lipinski definition) is 4. The molecule has 1 atom stereocenters. The number of carbonyl (C=O) groups excluding carboxylic acids is 1. The molecule has 0 bridgehead atoms. The molecule has 1 N–H and O–H groups in total. The zero-order valence-corrected chi connectivity index (χ0v) is 8.85. The molecule has 6 nitrogen and oxygen atoms in total. The average Bonchev–Trinajstić information content (AvgIpc) is 3.06. The lowest BCUT2D eigenvalue weighted by molar-refractivity contribution is -0.143. The first-order valence-corrected chi connectivity index (χ1v) is 5.11. The van der Waals surface area contributed by atoms with Gasteiger partial charge in [0.1, 0.15) is 6.04 Å². The van der Waals surface area contributed by atoms with E-state index in [0.717, 1.165) is 19.3 Å². The molecule has 1 saturated carbocycles. The van der Waals surface area contributed by atoms with Crippen molar-refractivity contribution in [3.63, 3.8) is 0 Å². The number of nitrogens with one attached hydrogen (secondary N) is 1. The van der Waals surface area contributed by atoms with Crippen LogP contribution in [0.25, 0.3) is 10.4 Å². The molecule has 6 heteroatoms. The molecule has 1 aliphatic carbocycles. The molecule has 0 amide bonds. The number of carbonyl (C=O) groups is 1. The fourth-order valence-electron chi connectivity index (χ4n) is 1.45. The number of esters is 1. The molecule has 0 saturated heterocycles. The summed E-state index contributed by atoms with van der Waals surface area (Å²) in [6.45, 7) is 1.14. The Morgan fingerprint density at radius 2 is 2.47 bits per heavy atom. The Morgan fingerprint density at radius 1 is 1.73 bits per heavy atom. The van der Waals surface area contributed by atoms with Gasteiger partial charge in [-0.1, -0.05) is 5.11 Å². The second-order valence-electron chi connectivity index (χ2n) is 3.60. The van der Waals surface area contributed by atoms with E-state index in [1.165, 1.54) is 7.11 Å². The average molecular weight is 212 g/mol. The van der Waals surface area contributed by atoms with Gasteiger partial charge in [-0.3, -0.25) is 4.79 Å². The lowest BCUT2D eigenvalue weighted by Crippen LogP contribution is -2.40. The maximum atomic E-state index is 11.3. The van der Waals surface area contributed by atoms with Gasteiger partial charge in [-0.05, 0) is 37.3 Å². The van der Waals surface area contributed by atoms with Crippen LogP contribution < -0.4 is 5.32 Å². The summed E-state index contributed by atoms with van der Waals surface area (Å²) in [6, 6.07) is -0.180. The molecule has 1 unspecified atom stereocenters. The van der Waals surface area contributed by atoms with Crippen LogP contribution in [0.5, 0.6) is 0 Å². The quantitative estimate of drug-likeness (QED) is 0.226. The Morgan fingerprint density at radius 3 is 3.00 bits per heavy atom. The lowest BCUT2D eigenvalue weighted by Gasteiger charge is -2.14. The minimum atomic E-state index is -0.193. The van der Waals surface area contributed by atoms with Gasteiger partial charge < -0.3 is 10.1 Å². The van der Waals surface area contributed by atoms with Gasteiger partial charge in [-0.15, -0.1) is 0 Å². The minimum Gasteiger partial charge on any atom is -0.468 e. The van der Waals surface area contributed by atoms with E-state index in [1.54, 1.807) is 0 Å². The van der Waals surface area contributed by atoms with Crippen LogP contribution in [0.4, 0.5) is 0 Å². The molecule has 0 radical (unpaired) electrons. The van der Waals surface area contributed by atoms with E-state index < -0.39 is 0 Å². The molecule has 0 heterocycles. The maximum absolute atomic E-state index is 11.3. The van der Waals surface area contributed by atoms with E-state index >= 15 is 0 Å². The highest BCUT2D eigenvalue weighted by molar-refractivity contribution is 5.76. The number of rotatable bonds is 7. The van der Waals surface area contributed by atoms with Crippen molar-refractivity contribution >= 4 is 5.97 Å². The minimum absolute atomic E-state index is 0.180. The Hall–Kier alpha value is -1.26. The van der Waals surface area contributed by atoms with Gasteiger partial charge in [0, 0.05) is 11.5 Å². The van der Waals surface area contributed by atoms with E-state index in [2.05, 4.69) is 15.3 Å². The van der Waals surface area contributed by atoms with Gasteiger partial charge in [0.15, 0.2) is 0 Å². The highest BCUT2D eigenvalue weighted by Crippen LogP contribution is 2.33. The van der Waals surface area contributed by atoms with Crippen molar-refractivity contribution in [3.8, 4) is 0 Å². The molecule has 1 fully saturated rings. The van der Waals surface area contributed by atoms with Crippen LogP contribution in [-0.4, -0.2) is 32.2 Å². The smallest absolute Gasteiger partial charge is 0.323 e. The van der Waals surface area contributed by atoms with Crippen LogP contribution in [0.2, 0.25) is 0 Å². The zero-order chi connectivity index (χ0) is 11.1. The van der Waals surface area contributed by atoms with Gasteiger partial charge >= 0.3 is 5.97 Å². The Balaban J connectivity index is 2.20. The largest absolute Gasteiger partial charge is 0.468 e. The zero-order valence-electron chi connectivity index (χ0n) is 8.85. The van der Waals surface area contributed by atoms with E-state index in [1.807, 2.05) is 0 Å². The van der Waals surface area contributed by atoms with Crippen LogP contribution in [-0.2, 0) is 9.53 Å². The predicted molar refractivity (Wildman–Crippen MR) is 55.2 cm³/mol. The molecule has 0 aromatic rings. The summed E-state index contributed by atoms with van der Waals surface area (Å²) in [6.07, 6.45) is 2.91. The third-order valence-electron chi connectivity index (χ3n) is 2.41. The van der Waals surface area contributed by atoms with Crippen LogP contribution in [0.3, 0.4) is 0 Å². The summed E-state index contributed by atoms with van der Waals surface area (Å²) in [5, 5.41) is 6.55. The molecule has 84 valence electrons. The van der Waals surface area contributed by atoms with E-state index in [-0.39, 0.29) is 12.0 Å². The summed E-state index contributed by atoms with van der Waals surface area (Å²) in [7, 11) is 1.40. The molecule has 15 heavy (non-hydrogen) atoms. The predicted octanol–water partition coefficient (Wildman–Crippen LogP) is 1.23. The molecule has 0 aromatic carbocycles.